The maximum Gasteiger partial charge on any atom is 0.254 e. The molecule has 1 saturated heterocycles. The third-order valence-electron chi connectivity index (χ3n) is 4.95. The molecule has 0 radical (unpaired) electrons. The van der Waals surface area contributed by atoms with Crippen molar-refractivity contribution in [2.75, 3.05) is 39.6 Å². The first-order valence-corrected chi connectivity index (χ1v) is 9.47. The number of benzene rings is 2. The molecule has 28 heavy (non-hydrogen) atoms. The van der Waals surface area contributed by atoms with Crippen LogP contribution in [0.4, 0.5) is 0 Å². The van der Waals surface area contributed by atoms with Crippen molar-refractivity contribution >= 4 is 5.91 Å². The number of ether oxygens (including phenoxy) is 3. The molecule has 2 aliphatic heterocycles. The molecule has 0 atom stereocenters. The third kappa shape index (κ3) is 4.12. The molecule has 2 aromatic carbocycles. The first-order chi connectivity index (χ1) is 13.7. The van der Waals surface area contributed by atoms with Gasteiger partial charge < -0.3 is 19.1 Å². The van der Waals surface area contributed by atoms with Crippen LogP contribution < -0.4 is 14.2 Å². The minimum Gasteiger partial charge on any atom is -0.490 e. The molecule has 0 aliphatic carbocycles. The Morgan fingerprint density at radius 1 is 1.07 bits per heavy atom. The van der Waals surface area contributed by atoms with Gasteiger partial charge in [-0.2, -0.15) is 0 Å². The molecule has 0 N–H and O–H groups in total. The molecule has 6 nitrogen and oxygen atoms in total. The minimum absolute atomic E-state index is 0.0479. The molecule has 0 saturated carbocycles. The summed E-state index contributed by atoms with van der Waals surface area (Å²) >= 11 is 0. The molecule has 0 bridgehead atoms. The zero-order chi connectivity index (χ0) is 19.3. The average molecular weight is 380 g/mol. The number of fused-ring (bicyclic) bond motifs is 1. The van der Waals surface area contributed by atoms with Gasteiger partial charge in [-0.25, -0.2) is 0 Å². The number of hydrogen-bond acceptors (Lipinski definition) is 5. The van der Waals surface area contributed by atoms with Gasteiger partial charge in [-0.1, -0.05) is 24.8 Å². The Hall–Kier alpha value is -2.99. The average Bonchev–Trinajstić information content (AvgIpc) is 3.20. The maximum atomic E-state index is 12.8. The molecule has 1 amide bonds. The van der Waals surface area contributed by atoms with Crippen LogP contribution in [0.1, 0.15) is 15.9 Å². The Labute approximate surface area is 164 Å². The summed E-state index contributed by atoms with van der Waals surface area (Å²) in [5, 5.41) is 0. The van der Waals surface area contributed by atoms with E-state index in [1.165, 1.54) is 5.56 Å². The van der Waals surface area contributed by atoms with Gasteiger partial charge in [-0.3, -0.25) is 9.69 Å². The van der Waals surface area contributed by atoms with E-state index < -0.39 is 0 Å². The lowest BCUT2D eigenvalue weighted by Crippen LogP contribution is -2.48. The van der Waals surface area contributed by atoms with Crippen LogP contribution in [0, 0.1) is 0 Å². The SMILES string of the molecule is C=CCOc1cccc(C(=O)N2CCN(Cc3ccc4c(c3)OCO4)CC2)c1. The molecule has 0 spiro atoms. The number of carbonyl (C=O) groups is 1. The van der Waals surface area contributed by atoms with Crippen molar-refractivity contribution in [1.82, 2.24) is 9.80 Å². The number of hydrogen-bond donors (Lipinski definition) is 0. The summed E-state index contributed by atoms with van der Waals surface area (Å²) in [6.07, 6.45) is 1.69. The standard InChI is InChI=1S/C22H24N2O4/c1-2-12-26-19-5-3-4-18(14-19)22(25)24-10-8-23(9-11-24)15-17-6-7-20-21(13-17)28-16-27-20/h2-7,13-14H,1,8-12,15-16H2. The Morgan fingerprint density at radius 2 is 1.89 bits per heavy atom. The number of amides is 1. The zero-order valence-electron chi connectivity index (χ0n) is 15.8. The lowest BCUT2D eigenvalue weighted by molar-refractivity contribution is 0.0628. The van der Waals surface area contributed by atoms with Crippen molar-refractivity contribution in [3.63, 3.8) is 0 Å². The van der Waals surface area contributed by atoms with E-state index in [2.05, 4.69) is 17.5 Å². The number of carbonyl (C=O) groups excluding carboxylic acids is 1. The summed E-state index contributed by atoms with van der Waals surface area (Å²) in [5.74, 6) is 2.35. The summed E-state index contributed by atoms with van der Waals surface area (Å²) in [4.78, 5) is 17.1. The highest BCUT2D eigenvalue weighted by Gasteiger charge is 2.23. The minimum atomic E-state index is 0.0479. The number of nitrogens with zero attached hydrogens (tertiary/aromatic N) is 2. The van der Waals surface area contributed by atoms with E-state index in [0.29, 0.717) is 37.8 Å². The van der Waals surface area contributed by atoms with Crippen LogP contribution in [0.15, 0.2) is 55.1 Å². The van der Waals surface area contributed by atoms with Gasteiger partial charge in [0.05, 0.1) is 0 Å². The van der Waals surface area contributed by atoms with Crippen LogP contribution in [0.25, 0.3) is 0 Å². The lowest BCUT2D eigenvalue weighted by atomic mass is 10.1. The topological polar surface area (TPSA) is 51.2 Å². The molecule has 0 aromatic heterocycles. The Kier molecular flexibility index (Phi) is 5.48. The summed E-state index contributed by atoms with van der Waals surface area (Å²) < 4.78 is 16.3. The van der Waals surface area contributed by atoms with E-state index in [4.69, 9.17) is 14.2 Å². The van der Waals surface area contributed by atoms with Crippen LogP contribution in [0.5, 0.6) is 17.2 Å². The van der Waals surface area contributed by atoms with E-state index in [1.54, 1.807) is 12.1 Å². The van der Waals surface area contributed by atoms with Crippen LogP contribution >= 0.6 is 0 Å². The second kappa shape index (κ2) is 8.35. The van der Waals surface area contributed by atoms with E-state index in [9.17, 15) is 4.79 Å². The van der Waals surface area contributed by atoms with Crippen LogP contribution in [0.2, 0.25) is 0 Å². The first kappa shape index (κ1) is 18.4. The molecule has 2 aliphatic rings. The molecule has 2 aromatic rings. The molecule has 0 unspecified atom stereocenters. The van der Waals surface area contributed by atoms with Gasteiger partial charge in [-0.05, 0) is 35.9 Å². The Bertz CT molecular complexity index is 859. The van der Waals surface area contributed by atoms with Crippen molar-refractivity contribution in [2.45, 2.75) is 6.54 Å². The van der Waals surface area contributed by atoms with Crippen LogP contribution in [-0.4, -0.2) is 55.3 Å². The fraction of sp³-hybridized carbons (Fsp3) is 0.318. The molecular weight excluding hydrogens is 356 g/mol. The van der Waals surface area contributed by atoms with E-state index in [0.717, 1.165) is 31.1 Å². The van der Waals surface area contributed by atoms with Gasteiger partial charge in [0.1, 0.15) is 12.4 Å². The Balaban J connectivity index is 1.32. The quantitative estimate of drug-likeness (QED) is 0.722. The summed E-state index contributed by atoms with van der Waals surface area (Å²) in [5.41, 5.74) is 1.85. The van der Waals surface area contributed by atoms with Gasteiger partial charge in [0.25, 0.3) is 5.91 Å². The third-order valence-corrected chi connectivity index (χ3v) is 4.95. The highest BCUT2D eigenvalue weighted by molar-refractivity contribution is 5.94. The van der Waals surface area contributed by atoms with Crippen molar-refractivity contribution in [1.29, 1.82) is 0 Å². The van der Waals surface area contributed by atoms with E-state index >= 15 is 0 Å². The molecule has 2 heterocycles. The second-order valence-corrected chi connectivity index (χ2v) is 6.88. The van der Waals surface area contributed by atoms with Crippen LogP contribution in [0.3, 0.4) is 0 Å². The van der Waals surface area contributed by atoms with Crippen molar-refractivity contribution in [3.05, 3.63) is 66.2 Å². The molecule has 1 fully saturated rings. The predicted molar refractivity (Wildman–Crippen MR) is 106 cm³/mol. The van der Waals surface area contributed by atoms with Crippen molar-refractivity contribution in [3.8, 4) is 17.2 Å². The number of piperazine rings is 1. The largest absolute Gasteiger partial charge is 0.490 e. The summed E-state index contributed by atoms with van der Waals surface area (Å²) in [6.45, 7) is 8.30. The van der Waals surface area contributed by atoms with Gasteiger partial charge >= 0.3 is 0 Å². The van der Waals surface area contributed by atoms with Gasteiger partial charge in [0.2, 0.25) is 6.79 Å². The fourth-order valence-corrected chi connectivity index (χ4v) is 3.46. The normalized spacial score (nSPS) is 16.1. The van der Waals surface area contributed by atoms with E-state index in [1.807, 2.05) is 35.2 Å². The molecule has 146 valence electrons. The zero-order valence-corrected chi connectivity index (χ0v) is 15.8. The molecule has 4 rings (SSSR count). The number of rotatable bonds is 6. The molecular formula is C22H24N2O4. The highest BCUT2D eigenvalue weighted by atomic mass is 16.7. The predicted octanol–water partition coefficient (Wildman–Crippen LogP) is 2.94. The smallest absolute Gasteiger partial charge is 0.254 e. The highest BCUT2D eigenvalue weighted by Crippen LogP contribution is 2.32. The monoisotopic (exact) mass is 380 g/mol. The van der Waals surface area contributed by atoms with Crippen LogP contribution in [-0.2, 0) is 6.54 Å². The van der Waals surface area contributed by atoms with Gasteiger partial charge in [0, 0.05) is 38.3 Å². The van der Waals surface area contributed by atoms with Crippen molar-refractivity contribution in [2.24, 2.45) is 0 Å². The lowest BCUT2D eigenvalue weighted by Gasteiger charge is -2.34. The summed E-state index contributed by atoms with van der Waals surface area (Å²) in [6, 6.07) is 13.4. The van der Waals surface area contributed by atoms with E-state index in [-0.39, 0.29) is 5.91 Å². The van der Waals surface area contributed by atoms with Gasteiger partial charge in [-0.15, -0.1) is 0 Å². The first-order valence-electron chi connectivity index (χ1n) is 9.47. The molecule has 6 heteroatoms. The second-order valence-electron chi connectivity index (χ2n) is 6.88. The van der Waals surface area contributed by atoms with Crippen molar-refractivity contribution < 1.29 is 19.0 Å². The maximum absolute atomic E-state index is 12.8. The fourth-order valence-electron chi connectivity index (χ4n) is 3.46. The Morgan fingerprint density at radius 3 is 2.71 bits per heavy atom. The summed E-state index contributed by atoms with van der Waals surface area (Å²) in [7, 11) is 0. The van der Waals surface area contributed by atoms with Gasteiger partial charge in [0.15, 0.2) is 11.5 Å².